The van der Waals surface area contributed by atoms with Crippen LogP contribution in [0.3, 0.4) is 0 Å². The Morgan fingerprint density at radius 3 is 1.85 bits per heavy atom. The van der Waals surface area contributed by atoms with Crippen LogP contribution in [0.1, 0.15) is 123 Å². The van der Waals surface area contributed by atoms with Crippen molar-refractivity contribution in [1.29, 1.82) is 0 Å². The van der Waals surface area contributed by atoms with Gasteiger partial charge in [0.15, 0.2) is 6.29 Å². The van der Waals surface area contributed by atoms with E-state index < -0.39 is 14.1 Å². The first-order valence-electron chi connectivity index (χ1n) is 14.2. The van der Waals surface area contributed by atoms with Crippen molar-refractivity contribution in [3.63, 3.8) is 0 Å². The van der Waals surface area contributed by atoms with Gasteiger partial charge in [0.05, 0.1) is 27.2 Å². The van der Waals surface area contributed by atoms with Gasteiger partial charge in [-0.2, -0.15) is 0 Å². The minimum Gasteiger partial charge on any atom is -0.349 e. The first-order valence-corrected chi connectivity index (χ1v) is 15.7. The average Bonchev–Trinajstić information content (AvgIpc) is 2.74. The fourth-order valence-corrected chi connectivity index (χ4v) is 5.57. The Morgan fingerprint density at radius 2 is 1.35 bits per heavy atom. The van der Waals surface area contributed by atoms with E-state index in [-0.39, 0.29) is 12.7 Å². The number of nitrogens with zero attached hydrogens (tertiary/aromatic N) is 1. The third kappa shape index (κ3) is 18.3. The maximum absolute atomic E-state index is 12.1. The van der Waals surface area contributed by atoms with Crippen molar-refractivity contribution in [3.8, 4) is 0 Å². The number of unbranched alkanes of at least 4 members (excludes halogenated alkanes) is 11. The molecule has 0 saturated heterocycles. The molecule has 1 N–H and O–H groups in total. The van der Waals surface area contributed by atoms with Gasteiger partial charge in [0.2, 0.25) is 0 Å². The van der Waals surface area contributed by atoms with Gasteiger partial charge in [0.25, 0.3) is 0 Å². The summed E-state index contributed by atoms with van der Waals surface area (Å²) in [6.45, 7) is 4.77. The smallest absolute Gasteiger partial charge is 0.349 e. The SMILES string of the molecule is CCCCCCCCCCCCCCC1CCC(OC(C)OP(=O)(O)OCC[N+](C)(C)C)CC1. The molecule has 0 radical (unpaired) electrons. The summed E-state index contributed by atoms with van der Waals surface area (Å²) in [7, 11) is 1.93. The lowest BCUT2D eigenvalue weighted by Gasteiger charge is -2.31. The van der Waals surface area contributed by atoms with Crippen molar-refractivity contribution in [2.24, 2.45) is 5.92 Å². The van der Waals surface area contributed by atoms with Gasteiger partial charge in [-0.15, -0.1) is 0 Å². The molecule has 0 aromatic carbocycles. The molecule has 204 valence electrons. The van der Waals surface area contributed by atoms with Crippen LogP contribution in [0.2, 0.25) is 0 Å². The highest BCUT2D eigenvalue weighted by atomic mass is 31.2. The molecule has 7 heteroatoms. The third-order valence-electron chi connectivity index (χ3n) is 6.94. The van der Waals surface area contributed by atoms with Crippen LogP contribution in [-0.4, -0.2) is 56.1 Å². The van der Waals surface area contributed by atoms with Crippen LogP contribution in [0.5, 0.6) is 0 Å². The molecule has 34 heavy (non-hydrogen) atoms. The molecule has 2 atom stereocenters. The topological polar surface area (TPSA) is 65.0 Å². The number of phosphoric ester groups is 1. The Morgan fingerprint density at radius 1 is 0.853 bits per heavy atom. The molecular weight excluding hydrogens is 449 g/mol. The fraction of sp³-hybridized carbons (Fsp3) is 1.00. The van der Waals surface area contributed by atoms with Gasteiger partial charge < -0.3 is 14.1 Å². The lowest BCUT2D eigenvalue weighted by atomic mass is 9.84. The summed E-state index contributed by atoms with van der Waals surface area (Å²) >= 11 is 0. The molecule has 0 aromatic rings. The van der Waals surface area contributed by atoms with Crippen LogP contribution in [0.4, 0.5) is 0 Å². The van der Waals surface area contributed by atoms with E-state index in [1.807, 2.05) is 21.1 Å². The number of quaternary nitrogens is 1. The number of likely N-dealkylation sites (N-methyl/N-ethyl adjacent to an activating group) is 1. The van der Waals surface area contributed by atoms with Crippen LogP contribution in [0.15, 0.2) is 0 Å². The van der Waals surface area contributed by atoms with E-state index in [0.717, 1.165) is 18.8 Å². The molecule has 0 aliphatic heterocycles. The van der Waals surface area contributed by atoms with Gasteiger partial charge >= 0.3 is 7.82 Å². The summed E-state index contributed by atoms with van der Waals surface area (Å²) in [5.41, 5.74) is 0. The number of hydrogen-bond donors (Lipinski definition) is 1. The molecule has 1 aliphatic carbocycles. The van der Waals surface area contributed by atoms with Gasteiger partial charge in [-0.25, -0.2) is 4.57 Å². The molecule has 1 aliphatic rings. The van der Waals surface area contributed by atoms with Gasteiger partial charge in [-0.05, 0) is 38.5 Å². The van der Waals surface area contributed by atoms with Gasteiger partial charge in [-0.3, -0.25) is 9.05 Å². The second kappa shape index (κ2) is 18.3. The summed E-state index contributed by atoms with van der Waals surface area (Å²) in [5.74, 6) is 0.807. The molecule has 0 bridgehead atoms. The molecule has 1 fully saturated rings. The van der Waals surface area contributed by atoms with Crippen molar-refractivity contribution in [2.75, 3.05) is 34.3 Å². The lowest BCUT2D eigenvalue weighted by Crippen LogP contribution is -2.37. The maximum Gasteiger partial charge on any atom is 0.474 e. The van der Waals surface area contributed by atoms with E-state index in [2.05, 4.69) is 6.92 Å². The van der Waals surface area contributed by atoms with Crippen molar-refractivity contribution < 1.29 is 27.7 Å². The monoisotopic (exact) mass is 506 g/mol. The van der Waals surface area contributed by atoms with Gasteiger partial charge in [0, 0.05) is 0 Å². The summed E-state index contributed by atoms with van der Waals surface area (Å²) in [5, 5.41) is 0. The highest BCUT2D eigenvalue weighted by Gasteiger charge is 2.29. The second-order valence-electron chi connectivity index (χ2n) is 11.4. The van der Waals surface area contributed by atoms with E-state index >= 15 is 0 Å². The Bertz CT molecular complexity index is 532. The van der Waals surface area contributed by atoms with Gasteiger partial charge in [0.1, 0.15) is 13.2 Å². The molecule has 1 saturated carbocycles. The van der Waals surface area contributed by atoms with Crippen LogP contribution in [0, 0.1) is 5.92 Å². The second-order valence-corrected chi connectivity index (χ2v) is 12.9. The fourth-order valence-electron chi connectivity index (χ4n) is 4.77. The quantitative estimate of drug-likeness (QED) is 0.0743. The number of phosphoric acid groups is 1. The normalized spacial score (nSPS) is 21.9. The van der Waals surface area contributed by atoms with Crippen molar-refractivity contribution in [3.05, 3.63) is 0 Å². The highest BCUT2D eigenvalue weighted by molar-refractivity contribution is 7.47. The molecule has 2 unspecified atom stereocenters. The minimum absolute atomic E-state index is 0.111. The predicted molar refractivity (Wildman–Crippen MR) is 142 cm³/mol. The third-order valence-corrected chi connectivity index (χ3v) is 8.01. The highest BCUT2D eigenvalue weighted by Crippen LogP contribution is 2.45. The number of ether oxygens (including phenoxy) is 1. The zero-order valence-corrected chi connectivity index (χ0v) is 24.0. The van der Waals surface area contributed by atoms with E-state index in [1.54, 1.807) is 6.92 Å². The molecule has 6 nitrogen and oxygen atoms in total. The molecule has 0 spiro atoms. The number of hydrogen-bond acceptors (Lipinski definition) is 4. The standard InChI is InChI=1S/C27H56NO5P/c1-6-7-8-9-10-11-12-13-14-15-16-17-18-26-19-21-27(22-20-26)32-25(2)33-34(29,30)31-24-23-28(3,4)5/h25-27H,6-24H2,1-5H3/p+1. The first-order chi connectivity index (χ1) is 16.1. The van der Waals surface area contributed by atoms with Gasteiger partial charge in [-0.1, -0.05) is 90.4 Å². The van der Waals surface area contributed by atoms with Crippen LogP contribution < -0.4 is 0 Å². The minimum atomic E-state index is -4.09. The Hall–Kier alpha value is 0.0300. The van der Waals surface area contributed by atoms with Crippen LogP contribution in [0.25, 0.3) is 0 Å². The molecule has 0 heterocycles. The Labute approximate surface area is 211 Å². The van der Waals surface area contributed by atoms with Crippen molar-refractivity contribution >= 4 is 7.82 Å². The van der Waals surface area contributed by atoms with E-state index in [4.69, 9.17) is 13.8 Å². The number of rotatable bonds is 21. The van der Waals surface area contributed by atoms with Crippen LogP contribution >= 0.6 is 7.82 Å². The Kier molecular flexibility index (Phi) is 17.3. The summed E-state index contributed by atoms with van der Waals surface area (Å²) < 4.78 is 29.0. The van der Waals surface area contributed by atoms with E-state index in [9.17, 15) is 9.46 Å². The summed E-state index contributed by atoms with van der Waals surface area (Å²) in [4.78, 5) is 9.92. The lowest BCUT2D eigenvalue weighted by molar-refractivity contribution is -0.870. The summed E-state index contributed by atoms with van der Waals surface area (Å²) in [6, 6.07) is 0. The Balaban J connectivity index is 2.01. The average molecular weight is 507 g/mol. The van der Waals surface area contributed by atoms with Crippen LogP contribution in [-0.2, 0) is 18.3 Å². The van der Waals surface area contributed by atoms with E-state index in [1.165, 1.54) is 96.3 Å². The van der Waals surface area contributed by atoms with E-state index in [0.29, 0.717) is 11.0 Å². The largest absolute Gasteiger partial charge is 0.474 e. The maximum atomic E-state index is 12.1. The molecule has 0 amide bonds. The molecule has 1 rings (SSSR count). The van der Waals surface area contributed by atoms with Crippen molar-refractivity contribution in [2.45, 2.75) is 135 Å². The first kappa shape index (κ1) is 32.1. The molecular formula is C27H57NO5P+. The zero-order valence-electron chi connectivity index (χ0n) is 23.1. The van der Waals surface area contributed by atoms with Crippen molar-refractivity contribution in [1.82, 2.24) is 0 Å². The molecule has 0 aromatic heterocycles. The predicted octanol–water partition coefficient (Wildman–Crippen LogP) is 7.84. The summed E-state index contributed by atoms with van der Waals surface area (Å²) in [6.07, 6.45) is 21.9. The zero-order chi connectivity index (χ0) is 25.3.